The van der Waals surface area contributed by atoms with Crippen molar-refractivity contribution < 1.29 is 4.79 Å². The Labute approximate surface area is 93.8 Å². The number of hydrogen-bond donors (Lipinski definition) is 1. The number of hydrogen-bond acceptors (Lipinski definition) is 2. The normalized spacial score (nSPS) is 16.6. The van der Waals surface area contributed by atoms with E-state index in [2.05, 4.69) is 10.3 Å². The van der Waals surface area contributed by atoms with Gasteiger partial charge in [0.15, 0.2) is 5.15 Å². The fraction of sp³-hybridized carbons (Fsp3) is 0.455. The second-order valence-electron chi connectivity index (χ2n) is 3.81. The van der Waals surface area contributed by atoms with Gasteiger partial charge in [-0.1, -0.05) is 24.4 Å². The van der Waals surface area contributed by atoms with Crippen LogP contribution >= 0.6 is 11.6 Å². The molecule has 80 valence electrons. The van der Waals surface area contributed by atoms with E-state index in [0.717, 1.165) is 25.7 Å². The Bertz CT molecular complexity index is 361. The molecule has 1 N–H and O–H groups in total. The van der Waals surface area contributed by atoms with E-state index < -0.39 is 0 Å². The summed E-state index contributed by atoms with van der Waals surface area (Å²) in [6.07, 6.45) is 5.89. The number of halogens is 1. The number of pyridine rings is 1. The molecule has 1 aromatic rings. The molecule has 1 heterocycles. The molecule has 15 heavy (non-hydrogen) atoms. The van der Waals surface area contributed by atoms with Gasteiger partial charge < -0.3 is 5.32 Å². The van der Waals surface area contributed by atoms with Crippen molar-refractivity contribution in [3.63, 3.8) is 0 Å². The van der Waals surface area contributed by atoms with Gasteiger partial charge in [0.1, 0.15) is 0 Å². The second kappa shape index (κ2) is 4.62. The van der Waals surface area contributed by atoms with Crippen LogP contribution in [0.25, 0.3) is 0 Å². The third kappa shape index (κ3) is 2.48. The topological polar surface area (TPSA) is 42.0 Å². The number of nitrogens with zero attached hydrogens (tertiary/aromatic N) is 1. The van der Waals surface area contributed by atoms with Crippen molar-refractivity contribution in [1.29, 1.82) is 0 Å². The summed E-state index contributed by atoms with van der Waals surface area (Å²) in [7, 11) is 0. The summed E-state index contributed by atoms with van der Waals surface area (Å²) in [6, 6.07) is 3.53. The van der Waals surface area contributed by atoms with Crippen LogP contribution in [0.1, 0.15) is 25.7 Å². The molecule has 4 heteroatoms. The van der Waals surface area contributed by atoms with E-state index in [0.29, 0.717) is 10.8 Å². The van der Waals surface area contributed by atoms with Gasteiger partial charge in [0.2, 0.25) is 5.91 Å². The zero-order chi connectivity index (χ0) is 10.7. The van der Waals surface area contributed by atoms with Gasteiger partial charge in [-0.25, -0.2) is 4.98 Å². The number of carbonyl (C=O) groups is 1. The van der Waals surface area contributed by atoms with Gasteiger partial charge in [-0.2, -0.15) is 0 Å². The lowest BCUT2D eigenvalue weighted by molar-refractivity contribution is -0.119. The fourth-order valence-electron chi connectivity index (χ4n) is 1.90. The summed E-state index contributed by atoms with van der Waals surface area (Å²) in [4.78, 5) is 15.7. The van der Waals surface area contributed by atoms with Gasteiger partial charge in [0, 0.05) is 12.1 Å². The molecule has 0 aromatic carbocycles. The molecule has 0 bridgehead atoms. The van der Waals surface area contributed by atoms with Crippen molar-refractivity contribution >= 4 is 23.2 Å². The fourth-order valence-corrected chi connectivity index (χ4v) is 2.07. The van der Waals surface area contributed by atoms with Crippen molar-refractivity contribution in [2.24, 2.45) is 5.92 Å². The lowest BCUT2D eigenvalue weighted by Crippen LogP contribution is -2.20. The molecule has 1 aliphatic rings. The monoisotopic (exact) mass is 224 g/mol. The smallest absolute Gasteiger partial charge is 0.227 e. The average molecular weight is 225 g/mol. The van der Waals surface area contributed by atoms with Crippen LogP contribution in [0.5, 0.6) is 0 Å². The summed E-state index contributed by atoms with van der Waals surface area (Å²) in [5.74, 6) is 0.226. The molecular weight excluding hydrogens is 212 g/mol. The Kier molecular flexibility index (Phi) is 3.21. The van der Waals surface area contributed by atoms with Gasteiger partial charge in [-0.05, 0) is 25.0 Å². The molecule has 1 aliphatic carbocycles. The standard InChI is InChI=1S/C11H13ClN2O/c12-10-9(6-3-7-13-10)14-11(15)8-4-1-2-5-8/h3,6-8H,1-2,4-5H2,(H,14,15). The first-order valence-corrected chi connectivity index (χ1v) is 5.56. The first kappa shape index (κ1) is 10.4. The molecule has 0 spiro atoms. The van der Waals surface area contributed by atoms with E-state index in [1.54, 1.807) is 18.3 Å². The average Bonchev–Trinajstić information content (AvgIpc) is 2.74. The van der Waals surface area contributed by atoms with Crippen LogP contribution in [-0.4, -0.2) is 10.9 Å². The molecule has 0 saturated heterocycles. The van der Waals surface area contributed by atoms with E-state index in [1.165, 1.54) is 0 Å². The van der Waals surface area contributed by atoms with E-state index in [9.17, 15) is 4.79 Å². The molecule has 1 amide bonds. The summed E-state index contributed by atoms with van der Waals surface area (Å²) < 4.78 is 0. The Morgan fingerprint density at radius 2 is 2.20 bits per heavy atom. The first-order valence-electron chi connectivity index (χ1n) is 5.19. The van der Waals surface area contributed by atoms with Crippen molar-refractivity contribution in [1.82, 2.24) is 4.98 Å². The lowest BCUT2D eigenvalue weighted by atomic mass is 10.1. The predicted octanol–water partition coefficient (Wildman–Crippen LogP) is 2.86. The number of aromatic nitrogens is 1. The van der Waals surface area contributed by atoms with Crippen molar-refractivity contribution in [2.75, 3.05) is 5.32 Å². The number of rotatable bonds is 2. The van der Waals surface area contributed by atoms with Crippen molar-refractivity contribution in [2.45, 2.75) is 25.7 Å². The molecule has 0 atom stereocenters. The molecule has 3 nitrogen and oxygen atoms in total. The highest BCUT2D eigenvalue weighted by Gasteiger charge is 2.22. The first-order chi connectivity index (χ1) is 7.27. The van der Waals surface area contributed by atoms with Gasteiger partial charge in [-0.15, -0.1) is 0 Å². The number of carbonyl (C=O) groups excluding carboxylic acids is 1. The Balaban J connectivity index is 2.02. The molecule has 0 aliphatic heterocycles. The van der Waals surface area contributed by atoms with E-state index >= 15 is 0 Å². The zero-order valence-corrected chi connectivity index (χ0v) is 9.13. The zero-order valence-electron chi connectivity index (χ0n) is 8.37. The highest BCUT2D eigenvalue weighted by atomic mass is 35.5. The highest BCUT2D eigenvalue weighted by molar-refractivity contribution is 6.32. The van der Waals surface area contributed by atoms with Crippen molar-refractivity contribution in [3.05, 3.63) is 23.5 Å². The third-order valence-electron chi connectivity index (χ3n) is 2.74. The van der Waals surface area contributed by atoms with Crippen LogP contribution in [-0.2, 0) is 4.79 Å². The van der Waals surface area contributed by atoms with Crippen LogP contribution in [0.3, 0.4) is 0 Å². The third-order valence-corrected chi connectivity index (χ3v) is 3.04. The summed E-state index contributed by atoms with van der Waals surface area (Å²) in [5, 5.41) is 3.17. The molecule has 0 radical (unpaired) electrons. The largest absolute Gasteiger partial charge is 0.323 e. The molecular formula is C11H13ClN2O. The quantitative estimate of drug-likeness (QED) is 0.785. The molecule has 0 unspecified atom stereocenters. The Morgan fingerprint density at radius 1 is 1.47 bits per heavy atom. The van der Waals surface area contributed by atoms with Gasteiger partial charge in [0.25, 0.3) is 0 Å². The number of anilines is 1. The number of nitrogens with one attached hydrogen (secondary N) is 1. The van der Waals surface area contributed by atoms with Crippen molar-refractivity contribution in [3.8, 4) is 0 Å². The summed E-state index contributed by atoms with van der Waals surface area (Å²) in [5.41, 5.74) is 0.607. The van der Waals surface area contributed by atoms with E-state index in [-0.39, 0.29) is 11.8 Å². The maximum absolute atomic E-state index is 11.8. The molecule has 1 aromatic heterocycles. The van der Waals surface area contributed by atoms with Crippen LogP contribution in [0, 0.1) is 5.92 Å². The van der Waals surface area contributed by atoms with Gasteiger partial charge in [-0.3, -0.25) is 4.79 Å². The molecule has 2 rings (SSSR count). The minimum absolute atomic E-state index is 0.0717. The maximum atomic E-state index is 11.8. The van der Waals surface area contributed by atoms with Crippen LogP contribution in [0.4, 0.5) is 5.69 Å². The van der Waals surface area contributed by atoms with E-state index in [1.807, 2.05) is 0 Å². The highest BCUT2D eigenvalue weighted by Crippen LogP contribution is 2.27. The van der Waals surface area contributed by atoms with Gasteiger partial charge >= 0.3 is 0 Å². The van der Waals surface area contributed by atoms with Crippen LogP contribution in [0.2, 0.25) is 5.15 Å². The number of amides is 1. The predicted molar refractivity (Wildman–Crippen MR) is 59.8 cm³/mol. The van der Waals surface area contributed by atoms with Crippen LogP contribution < -0.4 is 5.32 Å². The van der Waals surface area contributed by atoms with Crippen LogP contribution in [0.15, 0.2) is 18.3 Å². The molecule has 1 fully saturated rings. The Hall–Kier alpha value is -1.09. The lowest BCUT2D eigenvalue weighted by Gasteiger charge is -2.10. The Morgan fingerprint density at radius 3 is 2.87 bits per heavy atom. The van der Waals surface area contributed by atoms with Gasteiger partial charge in [0.05, 0.1) is 5.69 Å². The SMILES string of the molecule is O=C(Nc1cccnc1Cl)C1CCCC1. The maximum Gasteiger partial charge on any atom is 0.227 e. The summed E-state index contributed by atoms with van der Waals surface area (Å²) >= 11 is 5.85. The minimum atomic E-state index is 0.0717. The van der Waals surface area contributed by atoms with E-state index in [4.69, 9.17) is 11.6 Å². The minimum Gasteiger partial charge on any atom is -0.323 e. The summed E-state index contributed by atoms with van der Waals surface area (Å²) in [6.45, 7) is 0. The molecule has 1 saturated carbocycles. The second-order valence-corrected chi connectivity index (χ2v) is 4.17.